The molecule has 32 heavy (non-hydrogen) atoms. The molecule has 1 atom stereocenters. The number of nitrogens with two attached hydrogens (primary N) is 1. The Labute approximate surface area is 194 Å². The number of carbonyl (C=O) groups is 1. The first-order valence-electron chi connectivity index (χ1n) is 12.0. The van der Waals surface area contributed by atoms with E-state index < -0.39 is 0 Å². The van der Waals surface area contributed by atoms with Gasteiger partial charge in [-0.05, 0) is 83.7 Å². The van der Waals surface area contributed by atoms with Gasteiger partial charge in [-0.25, -0.2) is 0 Å². The molecule has 1 unspecified atom stereocenters. The minimum Gasteiger partial charge on any atom is -0.330 e. The summed E-state index contributed by atoms with van der Waals surface area (Å²) >= 11 is 0. The highest BCUT2D eigenvalue weighted by Gasteiger charge is 2.12. The molecule has 0 saturated carbocycles. The van der Waals surface area contributed by atoms with Crippen molar-refractivity contribution in [3.63, 3.8) is 0 Å². The molecule has 170 valence electrons. The molecule has 0 aliphatic carbocycles. The fourth-order valence-electron chi connectivity index (χ4n) is 3.89. The highest BCUT2D eigenvalue weighted by molar-refractivity contribution is 5.97. The number of hydrogen-bond acceptors (Lipinski definition) is 2. The Hall–Kier alpha value is -2.71. The molecular formula is C30H39NO. The number of ketones is 1. The van der Waals surface area contributed by atoms with Crippen molar-refractivity contribution >= 4 is 17.9 Å². The highest BCUT2D eigenvalue weighted by atomic mass is 16.1. The van der Waals surface area contributed by atoms with Gasteiger partial charge in [-0.2, -0.15) is 0 Å². The SMILES string of the molecule is C=C(/C=C/c1ccc(CC)c(CC)c1)C(C)C(=O)/C=C/c1ccc(CCCN)c(CC)c1. The smallest absolute Gasteiger partial charge is 0.162 e. The molecule has 0 heterocycles. The van der Waals surface area contributed by atoms with Gasteiger partial charge in [0, 0.05) is 5.92 Å². The lowest BCUT2D eigenvalue weighted by atomic mass is 9.94. The van der Waals surface area contributed by atoms with Crippen LogP contribution in [-0.2, 0) is 30.5 Å². The van der Waals surface area contributed by atoms with Gasteiger partial charge in [0.1, 0.15) is 0 Å². The first-order chi connectivity index (χ1) is 15.4. The average molecular weight is 430 g/mol. The predicted molar refractivity (Wildman–Crippen MR) is 140 cm³/mol. The number of rotatable bonds is 12. The normalized spacial score (nSPS) is 12.5. The van der Waals surface area contributed by atoms with Gasteiger partial charge in [-0.1, -0.05) is 88.9 Å². The van der Waals surface area contributed by atoms with Crippen LogP contribution in [0.2, 0.25) is 0 Å². The van der Waals surface area contributed by atoms with E-state index >= 15 is 0 Å². The standard InChI is InChI=1S/C30H39NO/c1-6-26-16-13-24(20-27(26)7-2)12-11-22(4)23(5)30(32)18-15-25-14-17-29(10-9-19-31)28(8-3)21-25/h11-18,20-21,23H,4,6-10,19,31H2,1-3,5H3/b12-11+,18-15+. The fraction of sp³-hybridized carbons (Fsp3) is 0.367. The van der Waals surface area contributed by atoms with Crippen LogP contribution in [0.15, 0.2) is 60.7 Å². The summed E-state index contributed by atoms with van der Waals surface area (Å²) in [4.78, 5) is 12.7. The zero-order chi connectivity index (χ0) is 23.5. The summed E-state index contributed by atoms with van der Waals surface area (Å²) < 4.78 is 0. The van der Waals surface area contributed by atoms with Gasteiger partial charge in [-0.15, -0.1) is 0 Å². The Morgan fingerprint density at radius 2 is 1.41 bits per heavy atom. The van der Waals surface area contributed by atoms with E-state index in [1.807, 2.05) is 19.1 Å². The van der Waals surface area contributed by atoms with Gasteiger partial charge < -0.3 is 5.73 Å². The average Bonchev–Trinajstić information content (AvgIpc) is 2.83. The second-order valence-electron chi connectivity index (χ2n) is 8.37. The Morgan fingerprint density at radius 1 is 0.875 bits per heavy atom. The zero-order valence-corrected chi connectivity index (χ0v) is 20.3. The highest BCUT2D eigenvalue weighted by Crippen LogP contribution is 2.19. The Balaban J connectivity index is 2.04. The molecule has 0 radical (unpaired) electrons. The van der Waals surface area contributed by atoms with Crippen LogP contribution in [-0.4, -0.2) is 12.3 Å². The molecule has 2 heteroatoms. The lowest BCUT2D eigenvalue weighted by Gasteiger charge is -2.10. The molecule has 2 aromatic rings. The van der Waals surface area contributed by atoms with Crippen molar-refractivity contribution in [2.45, 2.75) is 59.8 Å². The van der Waals surface area contributed by atoms with E-state index in [0.717, 1.165) is 48.8 Å². The molecule has 0 aromatic heterocycles. The number of hydrogen-bond donors (Lipinski definition) is 1. The van der Waals surface area contributed by atoms with Crippen molar-refractivity contribution in [2.75, 3.05) is 6.54 Å². The molecule has 0 saturated heterocycles. The Kier molecular flexibility index (Phi) is 10.4. The monoisotopic (exact) mass is 429 g/mol. The Morgan fingerprint density at radius 3 is 1.97 bits per heavy atom. The van der Waals surface area contributed by atoms with Crippen molar-refractivity contribution in [3.8, 4) is 0 Å². The van der Waals surface area contributed by atoms with Crippen LogP contribution in [0.25, 0.3) is 12.2 Å². The zero-order valence-electron chi connectivity index (χ0n) is 20.3. The van der Waals surface area contributed by atoms with Crippen molar-refractivity contribution in [1.29, 1.82) is 0 Å². The van der Waals surface area contributed by atoms with Gasteiger partial charge in [0.15, 0.2) is 5.78 Å². The Bertz CT molecular complexity index is 980. The molecule has 2 rings (SSSR count). The van der Waals surface area contributed by atoms with Gasteiger partial charge in [-0.3, -0.25) is 4.79 Å². The maximum Gasteiger partial charge on any atom is 0.162 e. The molecule has 0 fully saturated rings. The summed E-state index contributed by atoms with van der Waals surface area (Å²) in [6, 6.07) is 13.0. The lowest BCUT2D eigenvalue weighted by Crippen LogP contribution is -2.08. The lowest BCUT2D eigenvalue weighted by molar-refractivity contribution is -0.116. The molecule has 0 aliphatic heterocycles. The van der Waals surface area contributed by atoms with Crippen LogP contribution in [0.1, 0.15) is 67.5 Å². The van der Waals surface area contributed by atoms with E-state index in [4.69, 9.17) is 5.73 Å². The minimum atomic E-state index is -0.252. The maximum absolute atomic E-state index is 12.7. The third-order valence-corrected chi connectivity index (χ3v) is 6.17. The van der Waals surface area contributed by atoms with Crippen molar-refractivity contribution in [1.82, 2.24) is 0 Å². The van der Waals surface area contributed by atoms with Crippen LogP contribution in [0, 0.1) is 5.92 Å². The van der Waals surface area contributed by atoms with E-state index in [0.29, 0.717) is 6.54 Å². The quantitative estimate of drug-likeness (QED) is 0.299. The summed E-state index contributed by atoms with van der Waals surface area (Å²) in [6.07, 6.45) is 12.7. The first-order valence-corrected chi connectivity index (χ1v) is 12.0. The number of allylic oxidation sites excluding steroid dienone is 3. The van der Waals surface area contributed by atoms with Gasteiger partial charge in [0.05, 0.1) is 0 Å². The molecule has 0 spiro atoms. The van der Waals surface area contributed by atoms with Crippen LogP contribution in [0.5, 0.6) is 0 Å². The van der Waals surface area contributed by atoms with E-state index in [-0.39, 0.29) is 11.7 Å². The third-order valence-electron chi connectivity index (χ3n) is 6.17. The second-order valence-corrected chi connectivity index (χ2v) is 8.37. The van der Waals surface area contributed by atoms with Crippen LogP contribution in [0.3, 0.4) is 0 Å². The molecule has 0 bridgehead atoms. The van der Waals surface area contributed by atoms with Crippen LogP contribution in [0.4, 0.5) is 0 Å². The topological polar surface area (TPSA) is 43.1 Å². The van der Waals surface area contributed by atoms with E-state index in [9.17, 15) is 4.79 Å². The van der Waals surface area contributed by atoms with E-state index in [1.54, 1.807) is 6.08 Å². The van der Waals surface area contributed by atoms with Crippen molar-refractivity contribution < 1.29 is 4.79 Å². The fourth-order valence-corrected chi connectivity index (χ4v) is 3.89. The van der Waals surface area contributed by atoms with Crippen LogP contribution >= 0.6 is 0 Å². The molecule has 0 amide bonds. The summed E-state index contributed by atoms with van der Waals surface area (Å²) in [5, 5.41) is 0. The summed E-state index contributed by atoms with van der Waals surface area (Å²) in [5.41, 5.74) is 14.1. The predicted octanol–water partition coefficient (Wildman–Crippen LogP) is 6.75. The maximum atomic E-state index is 12.7. The largest absolute Gasteiger partial charge is 0.330 e. The van der Waals surface area contributed by atoms with Crippen molar-refractivity contribution in [3.05, 3.63) is 94.1 Å². The number of benzene rings is 2. The summed E-state index contributed by atoms with van der Waals surface area (Å²) in [5.74, 6) is -0.182. The van der Waals surface area contributed by atoms with Gasteiger partial charge in [0.2, 0.25) is 0 Å². The third kappa shape index (κ3) is 7.17. The van der Waals surface area contributed by atoms with Gasteiger partial charge >= 0.3 is 0 Å². The molecule has 2 N–H and O–H groups in total. The van der Waals surface area contributed by atoms with E-state index in [1.165, 1.54) is 22.3 Å². The molecule has 2 nitrogen and oxygen atoms in total. The summed E-state index contributed by atoms with van der Waals surface area (Å²) in [6.45, 7) is 13.3. The molecule has 2 aromatic carbocycles. The molecule has 0 aliphatic rings. The van der Waals surface area contributed by atoms with Crippen LogP contribution < -0.4 is 5.73 Å². The minimum absolute atomic E-state index is 0.0699. The van der Waals surface area contributed by atoms with Gasteiger partial charge in [0.25, 0.3) is 0 Å². The summed E-state index contributed by atoms with van der Waals surface area (Å²) in [7, 11) is 0. The van der Waals surface area contributed by atoms with Crippen molar-refractivity contribution in [2.24, 2.45) is 11.7 Å². The molecular weight excluding hydrogens is 390 g/mol. The second kappa shape index (κ2) is 13.0. The van der Waals surface area contributed by atoms with E-state index in [2.05, 4.69) is 69.8 Å². The number of aryl methyl sites for hydroxylation is 4. The first kappa shape index (κ1) is 25.5. The number of carbonyl (C=O) groups excluding carboxylic acids is 1.